The minimum atomic E-state index is -2.69. The summed E-state index contributed by atoms with van der Waals surface area (Å²) in [6, 6.07) is -0.371. The Morgan fingerprint density at radius 2 is 1.91 bits per heavy atom. The number of nitrogen functional groups attached to an aromatic ring is 2. The second-order valence-corrected chi connectivity index (χ2v) is 5.35. The van der Waals surface area contributed by atoms with Crippen molar-refractivity contribution in [2.24, 2.45) is 0 Å². The number of halogens is 2. The van der Waals surface area contributed by atoms with Crippen molar-refractivity contribution in [3.8, 4) is 0 Å². The molecule has 3 rings (SSSR count). The van der Waals surface area contributed by atoms with Crippen LogP contribution < -0.4 is 11.5 Å². The molecule has 22 heavy (non-hydrogen) atoms. The van der Waals surface area contributed by atoms with Crippen LogP contribution >= 0.6 is 0 Å². The molecule has 0 radical (unpaired) electrons. The summed E-state index contributed by atoms with van der Waals surface area (Å²) in [7, 11) is 0. The highest BCUT2D eigenvalue weighted by Gasteiger charge is 2.37. The number of anilines is 2. The molecule has 0 atom stereocenters. The molecule has 0 spiro atoms. The highest BCUT2D eigenvalue weighted by atomic mass is 19.3. The number of carboxylic acids is 1. The van der Waals surface area contributed by atoms with E-state index in [4.69, 9.17) is 11.5 Å². The van der Waals surface area contributed by atoms with Crippen LogP contribution in [-0.4, -0.2) is 36.7 Å². The Labute approximate surface area is 123 Å². The maximum absolute atomic E-state index is 13.3. The molecule has 0 amide bonds. The van der Waals surface area contributed by atoms with Crippen molar-refractivity contribution < 1.29 is 18.7 Å². The number of aromatic carboxylic acids is 1. The molecule has 10 heteroatoms. The molecule has 8 nitrogen and oxygen atoms in total. The molecule has 0 aliphatic heterocycles. The number of nitrogens with two attached hydrogens (primary N) is 2. The van der Waals surface area contributed by atoms with Crippen molar-refractivity contribution >= 4 is 28.8 Å². The molecule has 0 saturated heterocycles. The summed E-state index contributed by atoms with van der Waals surface area (Å²) in [5.41, 5.74) is 11.1. The second kappa shape index (κ2) is 4.75. The highest BCUT2D eigenvalue weighted by molar-refractivity contribution is 6.04. The van der Waals surface area contributed by atoms with E-state index in [9.17, 15) is 18.7 Å². The zero-order valence-electron chi connectivity index (χ0n) is 11.5. The minimum Gasteiger partial charge on any atom is -0.476 e. The average Bonchev–Trinajstić information content (AvgIpc) is 2.78. The Kier molecular flexibility index (Phi) is 3.11. The fourth-order valence-electron chi connectivity index (χ4n) is 2.76. The molecule has 1 saturated carbocycles. The van der Waals surface area contributed by atoms with Gasteiger partial charge in [0, 0.05) is 12.8 Å². The van der Waals surface area contributed by atoms with Crippen LogP contribution in [0, 0.1) is 0 Å². The number of rotatable bonds is 2. The van der Waals surface area contributed by atoms with Crippen molar-refractivity contribution in [3.63, 3.8) is 0 Å². The number of hydrogen-bond acceptors (Lipinski definition) is 6. The maximum atomic E-state index is 13.3. The van der Waals surface area contributed by atoms with Crippen molar-refractivity contribution in [2.45, 2.75) is 37.6 Å². The molecule has 118 valence electrons. The number of hydrogen-bond donors (Lipinski definition) is 3. The lowest BCUT2D eigenvalue weighted by Crippen LogP contribution is -2.27. The van der Waals surface area contributed by atoms with Gasteiger partial charge in [0.05, 0.1) is 11.4 Å². The van der Waals surface area contributed by atoms with Gasteiger partial charge in [-0.2, -0.15) is 15.1 Å². The van der Waals surface area contributed by atoms with E-state index < -0.39 is 11.9 Å². The monoisotopic (exact) mass is 312 g/mol. The van der Waals surface area contributed by atoms with E-state index in [0.29, 0.717) is 0 Å². The van der Waals surface area contributed by atoms with Crippen molar-refractivity contribution in [1.82, 2.24) is 19.7 Å². The number of alkyl halides is 2. The first-order chi connectivity index (χ1) is 10.3. The quantitative estimate of drug-likeness (QED) is 0.764. The lowest BCUT2D eigenvalue weighted by atomic mass is 9.92. The Morgan fingerprint density at radius 3 is 2.50 bits per heavy atom. The summed E-state index contributed by atoms with van der Waals surface area (Å²) >= 11 is 0. The molecule has 1 aliphatic rings. The van der Waals surface area contributed by atoms with Gasteiger partial charge in [-0.05, 0) is 12.8 Å². The predicted octanol–water partition coefficient (Wildman–Crippen LogP) is 1.44. The van der Waals surface area contributed by atoms with Crippen LogP contribution in [0.2, 0.25) is 0 Å². The van der Waals surface area contributed by atoms with E-state index in [0.717, 1.165) is 0 Å². The SMILES string of the molecule is Nc1nc(N)c2c(C(=O)O)nn(C3CCC(F)(F)CC3)c2n1. The molecule has 1 fully saturated rings. The van der Waals surface area contributed by atoms with E-state index in [2.05, 4.69) is 15.1 Å². The van der Waals surface area contributed by atoms with Crippen LogP contribution in [0.4, 0.5) is 20.5 Å². The molecule has 0 aromatic carbocycles. The Morgan fingerprint density at radius 1 is 1.27 bits per heavy atom. The molecule has 0 unspecified atom stereocenters. The Bertz CT molecular complexity index is 750. The van der Waals surface area contributed by atoms with E-state index in [1.165, 1.54) is 4.68 Å². The Balaban J connectivity index is 2.12. The number of fused-ring (bicyclic) bond motifs is 1. The van der Waals surface area contributed by atoms with Crippen LogP contribution in [0.25, 0.3) is 11.0 Å². The third kappa shape index (κ3) is 2.30. The molecule has 2 aromatic heterocycles. The van der Waals surface area contributed by atoms with Gasteiger partial charge in [0.2, 0.25) is 11.9 Å². The van der Waals surface area contributed by atoms with Gasteiger partial charge in [0.1, 0.15) is 5.82 Å². The van der Waals surface area contributed by atoms with Crippen molar-refractivity contribution in [3.05, 3.63) is 5.69 Å². The number of nitrogens with zero attached hydrogens (tertiary/aromatic N) is 4. The third-order valence-electron chi connectivity index (χ3n) is 3.83. The summed E-state index contributed by atoms with van der Waals surface area (Å²) in [5, 5.41) is 13.3. The molecule has 1 aliphatic carbocycles. The standard InChI is InChI=1S/C12H14F2N6O2/c13-12(14)3-1-5(2-4-12)20-9-6(7(19-20)10(21)22)8(15)17-11(16)18-9/h5H,1-4H2,(H,21,22)(H4,15,16,17,18). The van der Waals surface area contributed by atoms with Gasteiger partial charge in [-0.3, -0.25) is 0 Å². The fraction of sp³-hybridized carbons (Fsp3) is 0.500. The summed E-state index contributed by atoms with van der Waals surface area (Å²) in [5.74, 6) is -4.19. The largest absolute Gasteiger partial charge is 0.476 e. The summed E-state index contributed by atoms with van der Waals surface area (Å²) in [6.07, 6.45) is -0.214. The lowest BCUT2D eigenvalue weighted by Gasteiger charge is -2.28. The third-order valence-corrected chi connectivity index (χ3v) is 3.83. The minimum absolute atomic E-state index is 0.0824. The average molecular weight is 312 g/mol. The predicted molar refractivity (Wildman–Crippen MR) is 73.6 cm³/mol. The molecule has 0 bridgehead atoms. The molecular weight excluding hydrogens is 298 g/mol. The number of carbonyl (C=O) groups is 1. The van der Waals surface area contributed by atoms with Crippen LogP contribution in [0.3, 0.4) is 0 Å². The van der Waals surface area contributed by atoms with Gasteiger partial charge >= 0.3 is 5.97 Å². The van der Waals surface area contributed by atoms with Gasteiger partial charge in [-0.25, -0.2) is 18.3 Å². The number of aromatic nitrogens is 4. The van der Waals surface area contributed by atoms with Gasteiger partial charge in [-0.15, -0.1) is 0 Å². The van der Waals surface area contributed by atoms with Crippen LogP contribution in [0.5, 0.6) is 0 Å². The van der Waals surface area contributed by atoms with E-state index in [1.54, 1.807) is 0 Å². The fourth-order valence-corrected chi connectivity index (χ4v) is 2.76. The van der Waals surface area contributed by atoms with Gasteiger partial charge < -0.3 is 16.6 Å². The Hall–Kier alpha value is -2.52. The molecule has 5 N–H and O–H groups in total. The topological polar surface area (TPSA) is 133 Å². The van der Waals surface area contributed by atoms with E-state index in [1.807, 2.05) is 0 Å². The van der Waals surface area contributed by atoms with Crippen LogP contribution in [0.1, 0.15) is 42.2 Å². The number of carboxylic acid groups (broad SMARTS) is 1. The van der Waals surface area contributed by atoms with Crippen molar-refractivity contribution in [1.29, 1.82) is 0 Å². The smallest absolute Gasteiger partial charge is 0.357 e. The highest BCUT2D eigenvalue weighted by Crippen LogP contribution is 2.39. The van der Waals surface area contributed by atoms with Gasteiger partial charge in [0.25, 0.3) is 0 Å². The summed E-state index contributed by atoms with van der Waals surface area (Å²) in [6.45, 7) is 0. The summed E-state index contributed by atoms with van der Waals surface area (Å²) < 4.78 is 27.9. The van der Waals surface area contributed by atoms with E-state index in [-0.39, 0.29) is 60.2 Å². The molecule has 2 heterocycles. The zero-order chi connectivity index (χ0) is 16.1. The normalized spacial score (nSPS) is 18.6. The lowest BCUT2D eigenvalue weighted by molar-refractivity contribution is -0.0447. The molecule has 2 aromatic rings. The zero-order valence-corrected chi connectivity index (χ0v) is 11.5. The van der Waals surface area contributed by atoms with Crippen LogP contribution in [-0.2, 0) is 0 Å². The maximum Gasteiger partial charge on any atom is 0.357 e. The van der Waals surface area contributed by atoms with E-state index >= 15 is 0 Å². The first-order valence-electron chi connectivity index (χ1n) is 6.71. The van der Waals surface area contributed by atoms with Crippen LogP contribution in [0.15, 0.2) is 0 Å². The second-order valence-electron chi connectivity index (χ2n) is 5.35. The van der Waals surface area contributed by atoms with Crippen molar-refractivity contribution in [2.75, 3.05) is 11.5 Å². The van der Waals surface area contributed by atoms with Gasteiger partial charge in [-0.1, -0.05) is 0 Å². The van der Waals surface area contributed by atoms with Gasteiger partial charge in [0.15, 0.2) is 11.3 Å². The molecular formula is C12H14F2N6O2. The first kappa shape index (κ1) is 14.4. The summed E-state index contributed by atoms with van der Waals surface area (Å²) in [4.78, 5) is 19.0. The first-order valence-corrected chi connectivity index (χ1v) is 6.71.